The Morgan fingerprint density at radius 2 is 2.50 bits per heavy atom. The zero-order valence-electron chi connectivity index (χ0n) is 9.69. The summed E-state index contributed by atoms with van der Waals surface area (Å²) < 4.78 is 7.48. The van der Waals surface area contributed by atoms with Crippen molar-refractivity contribution in [2.45, 2.75) is 39.0 Å². The van der Waals surface area contributed by atoms with E-state index in [0.29, 0.717) is 6.10 Å². The second-order valence-electron chi connectivity index (χ2n) is 3.93. The Hall–Kier alpha value is -0.580. The summed E-state index contributed by atoms with van der Waals surface area (Å²) in [6.45, 7) is 5.74. The van der Waals surface area contributed by atoms with E-state index in [0.717, 1.165) is 31.9 Å². The number of aryl methyl sites for hydroxylation is 1. The summed E-state index contributed by atoms with van der Waals surface area (Å²) in [6, 6.07) is 2.06. The van der Waals surface area contributed by atoms with E-state index < -0.39 is 0 Å². The van der Waals surface area contributed by atoms with Gasteiger partial charge in [-0.15, -0.1) is 12.4 Å². The Balaban J connectivity index is 0.00000128. The maximum absolute atomic E-state index is 5.53. The van der Waals surface area contributed by atoms with Crippen molar-refractivity contribution in [3.63, 3.8) is 0 Å². The molecule has 16 heavy (non-hydrogen) atoms. The van der Waals surface area contributed by atoms with Crippen LogP contribution in [0.5, 0.6) is 0 Å². The van der Waals surface area contributed by atoms with E-state index in [1.807, 2.05) is 10.9 Å². The Morgan fingerprint density at radius 3 is 3.12 bits per heavy atom. The molecule has 1 fully saturated rings. The van der Waals surface area contributed by atoms with E-state index in [9.17, 15) is 0 Å². The highest BCUT2D eigenvalue weighted by Gasteiger charge is 2.14. The lowest BCUT2D eigenvalue weighted by Crippen LogP contribution is -2.26. The number of nitrogens with one attached hydrogen (secondary N) is 1. The fourth-order valence-electron chi connectivity index (χ4n) is 1.84. The van der Waals surface area contributed by atoms with E-state index in [-0.39, 0.29) is 12.4 Å². The van der Waals surface area contributed by atoms with Crippen molar-refractivity contribution in [2.75, 3.05) is 13.2 Å². The summed E-state index contributed by atoms with van der Waals surface area (Å²) in [5.41, 5.74) is 1.11. The molecule has 2 heterocycles. The topological polar surface area (TPSA) is 39.1 Å². The molecule has 0 aromatic carbocycles. The molecule has 1 unspecified atom stereocenters. The summed E-state index contributed by atoms with van der Waals surface area (Å²) in [7, 11) is 0. The monoisotopic (exact) mass is 245 g/mol. The molecule has 92 valence electrons. The van der Waals surface area contributed by atoms with Gasteiger partial charge in [-0.1, -0.05) is 0 Å². The molecule has 1 aromatic heterocycles. The summed E-state index contributed by atoms with van der Waals surface area (Å²) in [5.74, 6) is 0. The number of hydrogen-bond acceptors (Lipinski definition) is 3. The van der Waals surface area contributed by atoms with Gasteiger partial charge >= 0.3 is 0 Å². The van der Waals surface area contributed by atoms with Crippen LogP contribution in [0.15, 0.2) is 12.3 Å². The Labute approximate surface area is 103 Å². The summed E-state index contributed by atoms with van der Waals surface area (Å²) >= 11 is 0. The van der Waals surface area contributed by atoms with Crippen LogP contribution < -0.4 is 5.32 Å². The van der Waals surface area contributed by atoms with E-state index in [4.69, 9.17) is 4.74 Å². The average Bonchev–Trinajstić information content (AvgIpc) is 2.88. The fourth-order valence-corrected chi connectivity index (χ4v) is 1.84. The standard InChI is InChI=1S/C11H19N3O.ClH/c1-2-14-6-5-10(13-14)8-12-9-11-4-3-7-15-11;/h5-6,11-12H,2-4,7-9H2,1H3;1H. The predicted molar refractivity (Wildman–Crippen MR) is 65.8 cm³/mol. The van der Waals surface area contributed by atoms with Gasteiger partial charge < -0.3 is 10.1 Å². The zero-order chi connectivity index (χ0) is 10.5. The molecular formula is C11H20ClN3O. The van der Waals surface area contributed by atoms with Gasteiger partial charge in [0.2, 0.25) is 0 Å². The van der Waals surface area contributed by atoms with Gasteiger partial charge in [0.25, 0.3) is 0 Å². The van der Waals surface area contributed by atoms with Crippen LogP contribution in [0.4, 0.5) is 0 Å². The van der Waals surface area contributed by atoms with Crippen LogP contribution in [0, 0.1) is 0 Å². The fraction of sp³-hybridized carbons (Fsp3) is 0.727. The highest BCUT2D eigenvalue weighted by molar-refractivity contribution is 5.85. The maximum atomic E-state index is 5.53. The number of ether oxygens (including phenoxy) is 1. The molecule has 1 N–H and O–H groups in total. The minimum atomic E-state index is 0. The van der Waals surface area contributed by atoms with Crippen molar-refractivity contribution < 1.29 is 4.74 Å². The lowest BCUT2D eigenvalue weighted by atomic mass is 10.2. The molecule has 1 atom stereocenters. The summed E-state index contributed by atoms with van der Waals surface area (Å²) in [5, 5.41) is 7.79. The quantitative estimate of drug-likeness (QED) is 0.857. The SMILES string of the molecule is CCn1ccc(CNCC2CCCO2)n1.Cl. The van der Waals surface area contributed by atoms with Crippen LogP contribution in [0.2, 0.25) is 0 Å². The first-order valence-corrected chi connectivity index (χ1v) is 5.73. The molecule has 0 spiro atoms. The first-order chi connectivity index (χ1) is 7.38. The third-order valence-electron chi connectivity index (χ3n) is 2.72. The Bertz CT molecular complexity index is 297. The Kier molecular flexibility index (Phi) is 5.80. The van der Waals surface area contributed by atoms with Crippen molar-refractivity contribution in [3.05, 3.63) is 18.0 Å². The number of halogens is 1. The Morgan fingerprint density at radius 1 is 1.62 bits per heavy atom. The highest BCUT2D eigenvalue weighted by Crippen LogP contribution is 2.10. The van der Waals surface area contributed by atoms with Crippen LogP contribution in [0.25, 0.3) is 0 Å². The molecular weight excluding hydrogens is 226 g/mol. The van der Waals surface area contributed by atoms with Gasteiger partial charge in [-0.25, -0.2) is 0 Å². The van der Waals surface area contributed by atoms with Gasteiger partial charge in [-0.2, -0.15) is 5.10 Å². The lowest BCUT2D eigenvalue weighted by molar-refractivity contribution is 0.110. The van der Waals surface area contributed by atoms with Gasteiger partial charge in [-0.3, -0.25) is 4.68 Å². The maximum Gasteiger partial charge on any atom is 0.0762 e. The third-order valence-corrected chi connectivity index (χ3v) is 2.72. The minimum absolute atomic E-state index is 0. The molecule has 1 aliphatic heterocycles. The number of aromatic nitrogens is 2. The molecule has 1 aliphatic rings. The normalized spacial score (nSPS) is 19.7. The molecule has 0 radical (unpaired) electrons. The predicted octanol–water partition coefficient (Wildman–Crippen LogP) is 1.59. The van der Waals surface area contributed by atoms with Gasteiger partial charge in [-0.05, 0) is 25.8 Å². The zero-order valence-corrected chi connectivity index (χ0v) is 10.5. The largest absolute Gasteiger partial charge is 0.377 e. The van der Waals surface area contributed by atoms with Crippen molar-refractivity contribution in [3.8, 4) is 0 Å². The molecule has 0 saturated carbocycles. The molecule has 1 saturated heterocycles. The van der Waals surface area contributed by atoms with Crippen LogP contribution in [-0.4, -0.2) is 29.0 Å². The van der Waals surface area contributed by atoms with E-state index >= 15 is 0 Å². The van der Waals surface area contributed by atoms with Crippen LogP contribution in [-0.2, 0) is 17.8 Å². The van der Waals surface area contributed by atoms with Crippen molar-refractivity contribution in [1.29, 1.82) is 0 Å². The first kappa shape index (κ1) is 13.5. The van der Waals surface area contributed by atoms with Crippen molar-refractivity contribution >= 4 is 12.4 Å². The molecule has 0 bridgehead atoms. The highest BCUT2D eigenvalue weighted by atomic mass is 35.5. The summed E-state index contributed by atoms with van der Waals surface area (Å²) in [4.78, 5) is 0. The molecule has 4 nitrogen and oxygen atoms in total. The van der Waals surface area contributed by atoms with E-state index in [1.165, 1.54) is 12.8 Å². The second-order valence-corrected chi connectivity index (χ2v) is 3.93. The number of hydrogen-bond donors (Lipinski definition) is 1. The van der Waals surface area contributed by atoms with Gasteiger partial charge in [0.05, 0.1) is 11.8 Å². The van der Waals surface area contributed by atoms with Gasteiger partial charge in [0, 0.05) is 32.4 Å². The first-order valence-electron chi connectivity index (χ1n) is 5.73. The molecule has 1 aromatic rings. The van der Waals surface area contributed by atoms with Gasteiger partial charge in [0.15, 0.2) is 0 Å². The average molecular weight is 246 g/mol. The second kappa shape index (κ2) is 6.89. The van der Waals surface area contributed by atoms with E-state index in [1.54, 1.807) is 0 Å². The lowest BCUT2D eigenvalue weighted by Gasteiger charge is -2.09. The van der Waals surface area contributed by atoms with Crippen LogP contribution in [0.1, 0.15) is 25.5 Å². The van der Waals surface area contributed by atoms with E-state index in [2.05, 4.69) is 23.4 Å². The van der Waals surface area contributed by atoms with Crippen LogP contribution >= 0.6 is 12.4 Å². The van der Waals surface area contributed by atoms with Crippen LogP contribution in [0.3, 0.4) is 0 Å². The summed E-state index contributed by atoms with van der Waals surface area (Å²) in [6.07, 6.45) is 4.83. The molecule has 5 heteroatoms. The van der Waals surface area contributed by atoms with Crippen molar-refractivity contribution in [1.82, 2.24) is 15.1 Å². The molecule has 2 rings (SSSR count). The minimum Gasteiger partial charge on any atom is -0.377 e. The van der Waals surface area contributed by atoms with Crippen molar-refractivity contribution in [2.24, 2.45) is 0 Å². The molecule has 0 aliphatic carbocycles. The smallest absolute Gasteiger partial charge is 0.0762 e. The molecule has 0 amide bonds. The number of rotatable bonds is 5. The number of nitrogens with zero attached hydrogens (tertiary/aromatic N) is 2. The third kappa shape index (κ3) is 3.77. The van der Waals surface area contributed by atoms with Gasteiger partial charge in [0.1, 0.15) is 0 Å².